The topological polar surface area (TPSA) is 58.9 Å². The summed E-state index contributed by atoms with van der Waals surface area (Å²) in [5.74, 6) is -0.0514. The number of nitrogen functional groups attached to an aromatic ring is 1. The normalized spacial score (nSPS) is 10.5. The quantitative estimate of drug-likeness (QED) is 0.632. The van der Waals surface area contributed by atoms with Crippen LogP contribution in [0.2, 0.25) is 5.02 Å². The molecule has 0 radical (unpaired) electrons. The second-order valence-corrected chi connectivity index (χ2v) is 4.34. The molecule has 88 valence electrons. The first-order chi connectivity index (χ1) is 8.02. The minimum atomic E-state index is -0.0514. The van der Waals surface area contributed by atoms with Gasteiger partial charge in [0.1, 0.15) is 0 Å². The van der Waals surface area contributed by atoms with Gasteiger partial charge in [0.25, 0.3) is 0 Å². The summed E-state index contributed by atoms with van der Waals surface area (Å²) in [6.45, 7) is 3.32. The summed E-state index contributed by atoms with van der Waals surface area (Å²) in [6.07, 6.45) is 0. The number of carbonyl (C=O) groups is 1. The Hall–Kier alpha value is -1.74. The van der Waals surface area contributed by atoms with Crippen molar-refractivity contribution < 1.29 is 4.79 Å². The summed E-state index contributed by atoms with van der Waals surface area (Å²) in [5, 5.41) is 0.438. The average molecular weight is 249 g/mol. The van der Waals surface area contributed by atoms with Gasteiger partial charge in [-0.05, 0) is 19.9 Å². The minimum Gasteiger partial charge on any atom is -0.398 e. The number of aromatic amines is 1. The van der Waals surface area contributed by atoms with E-state index in [0.29, 0.717) is 22.0 Å². The van der Waals surface area contributed by atoms with Gasteiger partial charge >= 0.3 is 0 Å². The number of carbonyl (C=O) groups excluding carboxylic acids is 1. The van der Waals surface area contributed by atoms with Crippen LogP contribution >= 0.6 is 11.6 Å². The minimum absolute atomic E-state index is 0.0514. The summed E-state index contributed by atoms with van der Waals surface area (Å²) < 4.78 is 0. The average Bonchev–Trinajstić information content (AvgIpc) is 2.55. The van der Waals surface area contributed by atoms with Crippen LogP contribution in [0.1, 0.15) is 23.0 Å². The molecule has 0 aliphatic carbocycles. The summed E-state index contributed by atoms with van der Waals surface area (Å²) in [6, 6.07) is 7.41. The molecule has 0 saturated carbocycles. The van der Waals surface area contributed by atoms with Crippen LogP contribution in [0.4, 0.5) is 5.69 Å². The van der Waals surface area contributed by atoms with E-state index in [-0.39, 0.29) is 5.78 Å². The van der Waals surface area contributed by atoms with Gasteiger partial charge in [0.2, 0.25) is 0 Å². The number of ketones is 1. The molecule has 0 aliphatic rings. The first-order valence-electron chi connectivity index (χ1n) is 5.26. The Morgan fingerprint density at radius 2 is 2.00 bits per heavy atom. The van der Waals surface area contributed by atoms with Crippen LogP contribution in [-0.2, 0) is 0 Å². The maximum Gasteiger partial charge on any atom is 0.163 e. The largest absolute Gasteiger partial charge is 0.398 e. The molecular weight excluding hydrogens is 236 g/mol. The Bertz CT molecular complexity index is 587. The number of halogens is 1. The van der Waals surface area contributed by atoms with E-state index in [1.165, 1.54) is 6.92 Å². The molecular formula is C13H13ClN2O. The number of hydrogen-bond acceptors (Lipinski definition) is 2. The molecule has 3 nitrogen and oxygen atoms in total. The van der Waals surface area contributed by atoms with Crippen molar-refractivity contribution in [2.24, 2.45) is 0 Å². The number of aromatic nitrogens is 1. The fraction of sp³-hybridized carbons (Fsp3) is 0.154. The summed E-state index contributed by atoms with van der Waals surface area (Å²) in [7, 11) is 0. The predicted octanol–water partition coefficient (Wildman–Crippen LogP) is 3.43. The SMILES string of the molecule is CC(=O)c1c(C)[nH]c(-c2ccccc2N)c1Cl. The van der Waals surface area contributed by atoms with Crippen LogP contribution < -0.4 is 5.73 Å². The molecule has 2 rings (SSSR count). The lowest BCUT2D eigenvalue weighted by atomic mass is 10.1. The van der Waals surface area contributed by atoms with Crippen LogP contribution in [0.5, 0.6) is 0 Å². The van der Waals surface area contributed by atoms with Gasteiger partial charge in [0, 0.05) is 16.9 Å². The highest BCUT2D eigenvalue weighted by Gasteiger charge is 2.18. The highest BCUT2D eigenvalue weighted by Crippen LogP contribution is 2.35. The van der Waals surface area contributed by atoms with Gasteiger partial charge in [-0.15, -0.1) is 0 Å². The molecule has 0 bridgehead atoms. The van der Waals surface area contributed by atoms with Crippen molar-refractivity contribution in [2.75, 3.05) is 5.73 Å². The van der Waals surface area contributed by atoms with Gasteiger partial charge in [-0.25, -0.2) is 0 Å². The standard InChI is InChI=1S/C13H13ClN2O/c1-7-11(8(2)17)12(14)13(16-7)9-5-3-4-6-10(9)15/h3-6,16H,15H2,1-2H3. The van der Waals surface area contributed by atoms with Gasteiger partial charge < -0.3 is 10.7 Å². The summed E-state index contributed by atoms with van der Waals surface area (Å²) >= 11 is 6.22. The number of H-pyrrole nitrogens is 1. The van der Waals surface area contributed by atoms with Crippen LogP contribution in [0, 0.1) is 6.92 Å². The van der Waals surface area contributed by atoms with Crippen molar-refractivity contribution in [1.29, 1.82) is 0 Å². The zero-order chi connectivity index (χ0) is 12.6. The van der Waals surface area contributed by atoms with E-state index >= 15 is 0 Å². The number of Topliss-reactive ketones (excluding diaryl/α,β-unsaturated/α-hetero) is 1. The third-order valence-corrected chi connectivity index (χ3v) is 3.09. The highest BCUT2D eigenvalue weighted by molar-refractivity contribution is 6.36. The molecule has 0 amide bonds. The Balaban J connectivity index is 2.66. The second-order valence-electron chi connectivity index (χ2n) is 3.96. The van der Waals surface area contributed by atoms with E-state index in [0.717, 1.165) is 11.3 Å². The number of nitrogens with two attached hydrogens (primary N) is 1. The molecule has 0 unspecified atom stereocenters. The first kappa shape index (κ1) is 11.7. The van der Waals surface area contributed by atoms with E-state index in [2.05, 4.69) is 4.98 Å². The number of anilines is 1. The zero-order valence-electron chi connectivity index (χ0n) is 9.67. The number of hydrogen-bond donors (Lipinski definition) is 2. The molecule has 0 spiro atoms. The number of para-hydroxylation sites is 1. The van der Waals surface area contributed by atoms with E-state index in [1.807, 2.05) is 25.1 Å². The lowest BCUT2D eigenvalue weighted by molar-refractivity contribution is 0.101. The fourth-order valence-corrected chi connectivity index (χ4v) is 2.35. The Morgan fingerprint density at radius 1 is 1.35 bits per heavy atom. The Kier molecular flexibility index (Phi) is 2.94. The zero-order valence-corrected chi connectivity index (χ0v) is 10.4. The highest BCUT2D eigenvalue weighted by atomic mass is 35.5. The molecule has 2 aromatic rings. The van der Waals surface area contributed by atoms with Crippen molar-refractivity contribution in [3.63, 3.8) is 0 Å². The first-order valence-corrected chi connectivity index (χ1v) is 5.64. The van der Waals surface area contributed by atoms with Crippen molar-refractivity contribution in [1.82, 2.24) is 4.98 Å². The van der Waals surface area contributed by atoms with Crippen molar-refractivity contribution >= 4 is 23.1 Å². The van der Waals surface area contributed by atoms with Gasteiger partial charge in [-0.3, -0.25) is 4.79 Å². The van der Waals surface area contributed by atoms with Crippen LogP contribution in [0.25, 0.3) is 11.3 Å². The molecule has 1 aromatic carbocycles. The molecule has 0 saturated heterocycles. The lowest BCUT2D eigenvalue weighted by Gasteiger charge is -2.03. The van der Waals surface area contributed by atoms with Gasteiger partial charge in [0.15, 0.2) is 5.78 Å². The van der Waals surface area contributed by atoms with Gasteiger partial charge in [-0.1, -0.05) is 29.8 Å². The fourth-order valence-electron chi connectivity index (χ4n) is 1.92. The number of aryl methyl sites for hydroxylation is 1. The molecule has 0 atom stereocenters. The summed E-state index contributed by atoms with van der Waals surface area (Å²) in [4.78, 5) is 14.6. The lowest BCUT2D eigenvalue weighted by Crippen LogP contribution is -1.93. The number of rotatable bonds is 2. The molecule has 0 aliphatic heterocycles. The smallest absolute Gasteiger partial charge is 0.163 e. The maximum atomic E-state index is 11.5. The Labute approximate surface area is 105 Å². The van der Waals surface area contributed by atoms with E-state index < -0.39 is 0 Å². The van der Waals surface area contributed by atoms with Crippen molar-refractivity contribution in [2.45, 2.75) is 13.8 Å². The number of nitrogens with one attached hydrogen (secondary N) is 1. The van der Waals surface area contributed by atoms with Gasteiger partial charge in [0.05, 0.1) is 16.3 Å². The maximum absolute atomic E-state index is 11.5. The molecule has 4 heteroatoms. The predicted molar refractivity (Wildman–Crippen MR) is 70.4 cm³/mol. The van der Waals surface area contributed by atoms with Crippen molar-refractivity contribution in [3.8, 4) is 11.3 Å². The number of benzene rings is 1. The molecule has 1 heterocycles. The van der Waals surface area contributed by atoms with Crippen LogP contribution in [-0.4, -0.2) is 10.8 Å². The molecule has 1 aromatic heterocycles. The third-order valence-electron chi connectivity index (χ3n) is 2.71. The van der Waals surface area contributed by atoms with Crippen LogP contribution in [0.15, 0.2) is 24.3 Å². The molecule has 17 heavy (non-hydrogen) atoms. The Morgan fingerprint density at radius 3 is 2.53 bits per heavy atom. The van der Waals surface area contributed by atoms with Gasteiger partial charge in [-0.2, -0.15) is 0 Å². The third kappa shape index (κ3) is 1.94. The molecule has 3 N–H and O–H groups in total. The molecule has 0 fully saturated rings. The summed E-state index contributed by atoms with van der Waals surface area (Å²) in [5.41, 5.74) is 9.33. The van der Waals surface area contributed by atoms with E-state index in [4.69, 9.17) is 17.3 Å². The van der Waals surface area contributed by atoms with E-state index in [1.54, 1.807) is 6.07 Å². The van der Waals surface area contributed by atoms with E-state index in [9.17, 15) is 4.79 Å². The second kappa shape index (κ2) is 4.26. The monoisotopic (exact) mass is 248 g/mol. The van der Waals surface area contributed by atoms with Crippen LogP contribution in [0.3, 0.4) is 0 Å². The van der Waals surface area contributed by atoms with Crippen molar-refractivity contribution in [3.05, 3.63) is 40.5 Å².